The molecule has 1 amide bonds. The van der Waals surface area contributed by atoms with Crippen molar-refractivity contribution < 1.29 is 18.0 Å². The van der Waals surface area contributed by atoms with Crippen LogP contribution >= 0.6 is 22.9 Å². The Hall–Kier alpha value is -1.80. The standard InChI is InChI=1S/C19H21ClF3N3OS/c20-16-5-3-13(10-15(16)19(21,22)23)4-6-17(27)25-11-14-2-1-8-26(12-14)18-24-7-9-28-18/h3,5,7,9-10,14H,1-2,4,6,8,11-12H2,(H,25,27). The molecule has 1 aromatic carbocycles. The number of rotatable bonds is 6. The summed E-state index contributed by atoms with van der Waals surface area (Å²) in [6.07, 6.45) is -0.255. The molecule has 1 unspecified atom stereocenters. The molecule has 2 heterocycles. The summed E-state index contributed by atoms with van der Waals surface area (Å²) < 4.78 is 38.7. The van der Waals surface area contributed by atoms with Gasteiger partial charge < -0.3 is 10.2 Å². The minimum atomic E-state index is -4.50. The maximum Gasteiger partial charge on any atom is 0.417 e. The lowest BCUT2D eigenvalue weighted by Crippen LogP contribution is -2.41. The van der Waals surface area contributed by atoms with Gasteiger partial charge in [-0.1, -0.05) is 17.7 Å². The summed E-state index contributed by atoms with van der Waals surface area (Å²) in [6, 6.07) is 3.77. The summed E-state index contributed by atoms with van der Waals surface area (Å²) in [4.78, 5) is 18.7. The lowest BCUT2D eigenvalue weighted by Gasteiger charge is -2.32. The maximum atomic E-state index is 12.9. The largest absolute Gasteiger partial charge is 0.417 e. The number of benzene rings is 1. The quantitative estimate of drug-likeness (QED) is 0.715. The molecule has 0 spiro atoms. The Morgan fingerprint density at radius 1 is 1.39 bits per heavy atom. The first-order valence-corrected chi connectivity index (χ1v) is 10.4. The molecule has 28 heavy (non-hydrogen) atoms. The second-order valence-corrected chi connectivity index (χ2v) is 8.17. The summed E-state index contributed by atoms with van der Waals surface area (Å²) in [5, 5.41) is 5.53. The summed E-state index contributed by atoms with van der Waals surface area (Å²) in [5.74, 6) is 0.184. The van der Waals surface area contributed by atoms with Gasteiger partial charge in [-0.15, -0.1) is 11.3 Å². The zero-order valence-corrected chi connectivity index (χ0v) is 16.7. The van der Waals surface area contributed by atoms with E-state index < -0.39 is 11.7 Å². The average molecular weight is 432 g/mol. The van der Waals surface area contributed by atoms with Crippen molar-refractivity contribution in [3.63, 3.8) is 0 Å². The maximum absolute atomic E-state index is 12.9. The van der Waals surface area contributed by atoms with Gasteiger partial charge in [0, 0.05) is 37.6 Å². The highest BCUT2D eigenvalue weighted by Crippen LogP contribution is 2.35. The summed E-state index contributed by atoms with van der Waals surface area (Å²) in [5.41, 5.74) is -0.420. The Morgan fingerprint density at radius 3 is 2.93 bits per heavy atom. The van der Waals surface area contributed by atoms with Crippen LogP contribution in [0, 0.1) is 5.92 Å². The van der Waals surface area contributed by atoms with Crippen LogP contribution in [0.2, 0.25) is 5.02 Å². The highest BCUT2D eigenvalue weighted by Gasteiger charge is 2.33. The number of aromatic nitrogens is 1. The van der Waals surface area contributed by atoms with E-state index in [2.05, 4.69) is 15.2 Å². The number of alkyl halides is 3. The van der Waals surface area contributed by atoms with Crippen molar-refractivity contribution in [3.8, 4) is 0 Å². The molecule has 0 aliphatic carbocycles. The third-order valence-corrected chi connectivity index (χ3v) is 5.94. The van der Waals surface area contributed by atoms with Crippen molar-refractivity contribution in [2.24, 2.45) is 5.92 Å². The molecular formula is C19H21ClF3N3OS. The molecule has 1 aromatic heterocycles. The summed E-state index contributed by atoms with van der Waals surface area (Å²) in [6.45, 7) is 2.38. The van der Waals surface area contributed by atoms with E-state index in [1.54, 1.807) is 17.5 Å². The van der Waals surface area contributed by atoms with E-state index in [0.29, 0.717) is 18.0 Å². The van der Waals surface area contributed by atoms with Gasteiger partial charge in [0.2, 0.25) is 5.91 Å². The highest BCUT2D eigenvalue weighted by atomic mass is 35.5. The predicted octanol–water partition coefficient (Wildman–Crippen LogP) is 4.78. The van der Waals surface area contributed by atoms with Crippen LogP contribution < -0.4 is 10.2 Å². The molecule has 2 aromatic rings. The fraction of sp³-hybridized carbons (Fsp3) is 0.474. The van der Waals surface area contributed by atoms with E-state index in [-0.39, 0.29) is 23.8 Å². The van der Waals surface area contributed by atoms with Crippen LogP contribution in [0.1, 0.15) is 30.4 Å². The van der Waals surface area contributed by atoms with E-state index in [9.17, 15) is 18.0 Å². The minimum Gasteiger partial charge on any atom is -0.356 e. The number of hydrogen-bond donors (Lipinski definition) is 1. The highest BCUT2D eigenvalue weighted by molar-refractivity contribution is 7.13. The fourth-order valence-electron chi connectivity index (χ4n) is 3.33. The Balaban J connectivity index is 1.46. The van der Waals surface area contributed by atoms with Gasteiger partial charge in [-0.3, -0.25) is 4.79 Å². The number of aryl methyl sites for hydroxylation is 1. The van der Waals surface area contributed by atoms with E-state index >= 15 is 0 Å². The number of nitrogens with zero attached hydrogens (tertiary/aromatic N) is 2. The van der Waals surface area contributed by atoms with E-state index in [1.165, 1.54) is 12.1 Å². The third kappa shape index (κ3) is 5.61. The number of halogens is 4. The van der Waals surface area contributed by atoms with Crippen LogP contribution in [0.4, 0.5) is 18.3 Å². The van der Waals surface area contributed by atoms with Crippen molar-refractivity contribution in [1.82, 2.24) is 10.3 Å². The first kappa shape index (κ1) is 20.9. The van der Waals surface area contributed by atoms with Crippen molar-refractivity contribution in [2.45, 2.75) is 31.9 Å². The molecule has 1 N–H and O–H groups in total. The van der Waals surface area contributed by atoms with E-state index in [4.69, 9.17) is 11.6 Å². The van der Waals surface area contributed by atoms with Crippen molar-refractivity contribution >= 4 is 34.0 Å². The lowest BCUT2D eigenvalue weighted by atomic mass is 9.98. The zero-order valence-electron chi connectivity index (χ0n) is 15.1. The smallest absolute Gasteiger partial charge is 0.356 e. The van der Waals surface area contributed by atoms with Gasteiger partial charge in [-0.25, -0.2) is 4.98 Å². The SMILES string of the molecule is O=C(CCc1ccc(Cl)c(C(F)(F)F)c1)NCC1CCCN(c2nccs2)C1. The van der Waals surface area contributed by atoms with Crippen LogP contribution in [-0.4, -0.2) is 30.5 Å². The molecule has 0 radical (unpaired) electrons. The number of hydrogen-bond acceptors (Lipinski definition) is 4. The Labute approximate surface area is 170 Å². The van der Waals surface area contributed by atoms with Crippen LogP contribution in [0.3, 0.4) is 0 Å². The van der Waals surface area contributed by atoms with Gasteiger partial charge in [0.15, 0.2) is 5.13 Å². The Kier molecular flexibility index (Phi) is 6.82. The van der Waals surface area contributed by atoms with Gasteiger partial charge in [-0.05, 0) is 42.9 Å². The molecular weight excluding hydrogens is 411 g/mol. The number of amides is 1. The van der Waals surface area contributed by atoms with Crippen molar-refractivity contribution in [3.05, 3.63) is 45.9 Å². The monoisotopic (exact) mass is 431 g/mol. The van der Waals surface area contributed by atoms with Crippen LogP contribution in [0.5, 0.6) is 0 Å². The third-order valence-electron chi connectivity index (χ3n) is 4.77. The van der Waals surface area contributed by atoms with E-state index in [0.717, 1.165) is 37.1 Å². The summed E-state index contributed by atoms with van der Waals surface area (Å²) in [7, 11) is 0. The number of piperidine rings is 1. The van der Waals surface area contributed by atoms with Gasteiger partial charge in [0.05, 0.1) is 10.6 Å². The molecule has 152 valence electrons. The topological polar surface area (TPSA) is 45.2 Å². The molecule has 0 bridgehead atoms. The normalized spacial score (nSPS) is 17.6. The van der Waals surface area contributed by atoms with Gasteiger partial charge in [0.1, 0.15) is 0 Å². The second kappa shape index (κ2) is 9.13. The lowest BCUT2D eigenvalue weighted by molar-refractivity contribution is -0.137. The Bertz CT molecular complexity index is 798. The molecule has 3 rings (SSSR count). The first-order valence-electron chi connectivity index (χ1n) is 9.09. The molecule has 1 atom stereocenters. The van der Waals surface area contributed by atoms with Crippen molar-refractivity contribution in [1.29, 1.82) is 0 Å². The summed E-state index contributed by atoms with van der Waals surface area (Å²) >= 11 is 7.22. The molecule has 1 aliphatic heterocycles. The van der Waals surface area contributed by atoms with Gasteiger partial charge >= 0.3 is 6.18 Å². The first-order chi connectivity index (χ1) is 13.3. The fourth-order valence-corrected chi connectivity index (χ4v) is 4.23. The van der Waals surface area contributed by atoms with E-state index in [1.807, 2.05) is 5.38 Å². The van der Waals surface area contributed by atoms with Gasteiger partial charge in [-0.2, -0.15) is 13.2 Å². The molecule has 4 nitrogen and oxygen atoms in total. The van der Waals surface area contributed by atoms with Crippen molar-refractivity contribution in [2.75, 3.05) is 24.5 Å². The molecule has 1 fully saturated rings. The molecule has 9 heteroatoms. The van der Waals surface area contributed by atoms with Crippen LogP contribution in [0.15, 0.2) is 29.8 Å². The number of anilines is 1. The number of carbonyl (C=O) groups excluding carboxylic acids is 1. The second-order valence-electron chi connectivity index (χ2n) is 6.88. The molecule has 0 saturated carbocycles. The Morgan fingerprint density at radius 2 is 2.21 bits per heavy atom. The molecule has 1 aliphatic rings. The van der Waals surface area contributed by atoms with Crippen LogP contribution in [-0.2, 0) is 17.4 Å². The molecule has 1 saturated heterocycles. The number of thiazole rings is 1. The minimum absolute atomic E-state index is 0.141. The number of carbonyl (C=O) groups is 1. The number of nitrogens with one attached hydrogen (secondary N) is 1. The van der Waals surface area contributed by atoms with Gasteiger partial charge in [0.25, 0.3) is 0 Å². The zero-order chi connectivity index (χ0) is 20.1. The average Bonchev–Trinajstić information content (AvgIpc) is 3.20. The predicted molar refractivity (Wildman–Crippen MR) is 105 cm³/mol. The van der Waals surface area contributed by atoms with Crippen LogP contribution in [0.25, 0.3) is 0 Å².